The molecule has 1 aromatic heterocycles. The van der Waals surface area contributed by atoms with E-state index in [-0.39, 0.29) is 18.2 Å². The summed E-state index contributed by atoms with van der Waals surface area (Å²) in [5.74, 6) is -0.0426. The first-order valence-electron chi connectivity index (χ1n) is 7.81. The number of nitrogens with zero attached hydrogens (tertiary/aromatic N) is 3. The van der Waals surface area contributed by atoms with Crippen molar-refractivity contribution in [1.82, 2.24) is 20.5 Å². The van der Waals surface area contributed by atoms with Crippen molar-refractivity contribution in [3.63, 3.8) is 0 Å². The SMILES string of the molecule is CNC(=O)CC[C@]1(OC)CCCN(C(=O)Cc2nonc2C)C1. The number of hydrogen-bond acceptors (Lipinski definition) is 6. The lowest BCUT2D eigenvalue weighted by Gasteiger charge is -2.42. The average molecular weight is 324 g/mol. The molecule has 1 fully saturated rings. The highest BCUT2D eigenvalue weighted by atomic mass is 16.6. The van der Waals surface area contributed by atoms with Gasteiger partial charge in [-0.2, -0.15) is 0 Å². The van der Waals surface area contributed by atoms with Crippen LogP contribution in [0.4, 0.5) is 0 Å². The van der Waals surface area contributed by atoms with Crippen molar-refractivity contribution in [2.45, 2.75) is 44.6 Å². The lowest BCUT2D eigenvalue weighted by Crippen LogP contribution is -2.52. The molecule has 23 heavy (non-hydrogen) atoms. The number of aromatic nitrogens is 2. The van der Waals surface area contributed by atoms with Crippen LogP contribution in [-0.4, -0.2) is 59.9 Å². The largest absolute Gasteiger partial charge is 0.376 e. The third-order valence-corrected chi connectivity index (χ3v) is 4.48. The standard InChI is InChI=1S/C15H24N4O4/c1-11-12(18-23-17-11)9-14(21)19-8-4-6-15(10-19,22-3)7-5-13(20)16-2/h4-10H2,1-3H3,(H,16,20)/t15-/m1/s1. The number of nitrogens with one attached hydrogen (secondary N) is 1. The molecule has 1 aromatic rings. The number of methoxy groups -OCH3 is 1. The third kappa shape index (κ3) is 4.28. The Kier molecular flexibility index (Phi) is 5.70. The molecule has 2 heterocycles. The molecule has 0 radical (unpaired) electrons. The van der Waals surface area contributed by atoms with Crippen LogP contribution in [-0.2, 0) is 20.7 Å². The van der Waals surface area contributed by atoms with Crippen LogP contribution >= 0.6 is 0 Å². The highest BCUT2D eigenvalue weighted by Crippen LogP contribution is 2.29. The number of carbonyl (C=O) groups is 2. The molecule has 0 unspecified atom stereocenters. The molecule has 1 aliphatic rings. The van der Waals surface area contributed by atoms with E-state index in [2.05, 4.69) is 20.3 Å². The number of piperidine rings is 1. The van der Waals surface area contributed by atoms with Gasteiger partial charge in [0, 0.05) is 33.7 Å². The Balaban J connectivity index is 1.99. The Labute approximate surface area is 135 Å². The van der Waals surface area contributed by atoms with E-state index in [4.69, 9.17) is 4.74 Å². The van der Waals surface area contributed by atoms with Crippen molar-refractivity contribution in [1.29, 1.82) is 0 Å². The second-order valence-electron chi connectivity index (χ2n) is 5.95. The van der Waals surface area contributed by atoms with Gasteiger partial charge in [-0.1, -0.05) is 10.3 Å². The number of rotatable bonds is 6. The van der Waals surface area contributed by atoms with Crippen molar-refractivity contribution >= 4 is 11.8 Å². The van der Waals surface area contributed by atoms with Crippen LogP contribution in [0.3, 0.4) is 0 Å². The molecule has 1 atom stereocenters. The molecule has 0 aromatic carbocycles. The normalized spacial score (nSPS) is 21.3. The molecule has 1 saturated heterocycles. The summed E-state index contributed by atoms with van der Waals surface area (Å²) in [4.78, 5) is 25.8. The number of likely N-dealkylation sites (tertiary alicyclic amines) is 1. The van der Waals surface area contributed by atoms with Crippen LogP contribution in [0.1, 0.15) is 37.1 Å². The number of amides is 2. The molecule has 0 bridgehead atoms. The number of carbonyl (C=O) groups excluding carboxylic acids is 2. The summed E-state index contributed by atoms with van der Waals surface area (Å²) >= 11 is 0. The topological polar surface area (TPSA) is 97.6 Å². The zero-order valence-electron chi connectivity index (χ0n) is 13.9. The van der Waals surface area contributed by atoms with Crippen molar-refractivity contribution in [3.8, 4) is 0 Å². The van der Waals surface area contributed by atoms with E-state index in [1.165, 1.54) is 0 Å². The van der Waals surface area contributed by atoms with Gasteiger partial charge in [0.1, 0.15) is 11.4 Å². The Hall–Kier alpha value is -1.96. The fraction of sp³-hybridized carbons (Fsp3) is 0.733. The van der Waals surface area contributed by atoms with Crippen LogP contribution < -0.4 is 5.32 Å². The second kappa shape index (κ2) is 7.54. The number of aryl methyl sites for hydroxylation is 1. The Bertz CT molecular complexity index is 559. The summed E-state index contributed by atoms with van der Waals surface area (Å²) < 4.78 is 10.3. The number of ether oxygens (including phenoxy) is 1. The highest BCUT2D eigenvalue weighted by molar-refractivity contribution is 5.79. The zero-order chi connectivity index (χ0) is 16.9. The highest BCUT2D eigenvalue weighted by Gasteiger charge is 2.37. The van der Waals surface area contributed by atoms with Gasteiger partial charge in [0.15, 0.2) is 0 Å². The van der Waals surface area contributed by atoms with E-state index in [0.717, 1.165) is 12.8 Å². The summed E-state index contributed by atoms with van der Waals surface area (Å²) in [5.41, 5.74) is 0.735. The molecule has 1 N–H and O–H groups in total. The quantitative estimate of drug-likeness (QED) is 0.816. The Morgan fingerprint density at radius 1 is 1.43 bits per heavy atom. The summed E-state index contributed by atoms with van der Waals surface area (Å²) in [6, 6.07) is 0. The van der Waals surface area contributed by atoms with Gasteiger partial charge < -0.3 is 15.0 Å². The molecule has 2 rings (SSSR count). The van der Waals surface area contributed by atoms with Gasteiger partial charge in [0.2, 0.25) is 11.8 Å². The fourth-order valence-electron chi connectivity index (χ4n) is 2.91. The van der Waals surface area contributed by atoms with Crippen molar-refractivity contribution in [3.05, 3.63) is 11.4 Å². The Morgan fingerprint density at radius 3 is 2.83 bits per heavy atom. The van der Waals surface area contributed by atoms with Gasteiger partial charge in [-0.25, -0.2) is 4.63 Å². The summed E-state index contributed by atoms with van der Waals surface area (Å²) in [5, 5.41) is 10.1. The molecule has 0 saturated carbocycles. The number of hydrogen-bond donors (Lipinski definition) is 1. The minimum Gasteiger partial charge on any atom is -0.376 e. The molecule has 0 spiro atoms. The minimum absolute atomic E-state index is 0.0193. The first-order valence-corrected chi connectivity index (χ1v) is 7.81. The summed E-state index contributed by atoms with van der Waals surface area (Å²) in [6.07, 6.45) is 2.85. The average Bonchev–Trinajstić information content (AvgIpc) is 2.97. The van der Waals surface area contributed by atoms with Crippen LogP contribution in [0.5, 0.6) is 0 Å². The second-order valence-corrected chi connectivity index (χ2v) is 5.95. The minimum atomic E-state index is -0.461. The van der Waals surface area contributed by atoms with Crippen LogP contribution in [0.2, 0.25) is 0 Å². The fourth-order valence-corrected chi connectivity index (χ4v) is 2.91. The van der Waals surface area contributed by atoms with Crippen molar-refractivity contribution in [2.24, 2.45) is 0 Å². The molecular weight excluding hydrogens is 300 g/mol. The van der Waals surface area contributed by atoms with E-state index in [0.29, 0.717) is 37.3 Å². The third-order valence-electron chi connectivity index (χ3n) is 4.48. The predicted octanol–water partition coefficient (Wildman–Crippen LogP) is 0.454. The van der Waals surface area contributed by atoms with Crippen LogP contribution in [0.15, 0.2) is 4.63 Å². The summed E-state index contributed by atoms with van der Waals surface area (Å²) in [7, 11) is 3.26. The van der Waals surface area contributed by atoms with Crippen LogP contribution in [0.25, 0.3) is 0 Å². The monoisotopic (exact) mass is 324 g/mol. The first kappa shape index (κ1) is 17.4. The van der Waals surface area contributed by atoms with Gasteiger partial charge in [0.25, 0.3) is 0 Å². The van der Waals surface area contributed by atoms with Gasteiger partial charge in [0.05, 0.1) is 12.0 Å². The van der Waals surface area contributed by atoms with E-state index < -0.39 is 5.60 Å². The maximum absolute atomic E-state index is 12.5. The molecule has 8 nitrogen and oxygen atoms in total. The van der Waals surface area contributed by atoms with E-state index in [1.54, 1.807) is 26.0 Å². The van der Waals surface area contributed by atoms with Gasteiger partial charge in [-0.15, -0.1) is 0 Å². The Morgan fingerprint density at radius 2 is 2.22 bits per heavy atom. The molecule has 8 heteroatoms. The van der Waals surface area contributed by atoms with Crippen LogP contribution in [0, 0.1) is 6.92 Å². The molecular formula is C15H24N4O4. The lowest BCUT2D eigenvalue weighted by molar-refractivity contribution is -0.141. The van der Waals surface area contributed by atoms with Crippen molar-refractivity contribution in [2.75, 3.05) is 27.2 Å². The molecule has 128 valence electrons. The lowest BCUT2D eigenvalue weighted by atomic mass is 9.87. The molecule has 2 amide bonds. The van der Waals surface area contributed by atoms with Gasteiger partial charge >= 0.3 is 0 Å². The molecule has 0 aliphatic carbocycles. The zero-order valence-corrected chi connectivity index (χ0v) is 13.9. The van der Waals surface area contributed by atoms with Crippen molar-refractivity contribution < 1.29 is 19.0 Å². The summed E-state index contributed by atoms with van der Waals surface area (Å²) in [6.45, 7) is 2.94. The first-order chi connectivity index (χ1) is 11.0. The maximum atomic E-state index is 12.5. The smallest absolute Gasteiger partial charge is 0.228 e. The van der Waals surface area contributed by atoms with E-state index in [9.17, 15) is 9.59 Å². The predicted molar refractivity (Wildman–Crippen MR) is 81.6 cm³/mol. The molecule has 1 aliphatic heterocycles. The van der Waals surface area contributed by atoms with Gasteiger partial charge in [-0.3, -0.25) is 9.59 Å². The van der Waals surface area contributed by atoms with E-state index in [1.807, 2.05) is 0 Å². The van der Waals surface area contributed by atoms with E-state index >= 15 is 0 Å². The van der Waals surface area contributed by atoms with Gasteiger partial charge in [-0.05, 0) is 26.2 Å². The maximum Gasteiger partial charge on any atom is 0.228 e.